The Morgan fingerprint density at radius 1 is 1.08 bits per heavy atom. The molecule has 0 aromatic heterocycles. The van der Waals surface area contributed by atoms with Crippen molar-refractivity contribution in [3.8, 4) is 0 Å². The minimum absolute atomic E-state index is 0.0121. The van der Waals surface area contributed by atoms with Crippen molar-refractivity contribution in [3.63, 3.8) is 0 Å². The molecule has 3 amide bonds. The predicted molar refractivity (Wildman–Crippen MR) is 140 cm³/mol. The summed E-state index contributed by atoms with van der Waals surface area (Å²) >= 11 is 25.0. The van der Waals surface area contributed by atoms with E-state index in [4.69, 9.17) is 51.2 Å². The van der Waals surface area contributed by atoms with E-state index in [2.05, 4.69) is 16.1 Å². The molecule has 9 nitrogen and oxygen atoms in total. The van der Waals surface area contributed by atoms with E-state index in [1.807, 2.05) is 0 Å². The first kappa shape index (κ1) is 26.5. The van der Waals surface area contributed by atoms with Gasteiger partial charge >= 0.3 is 0 Å². The second-order valence-corrected chi connectivity index (χ2v) is 11.5. The van der Waals surface area contributed by atoms with E-state index >= 15 is 0 Å². The summed E-state index contributed by atoms with van der Waals surface area (Å²) < 4.78 is 0. The first-order valence-corrected chi connectivity index (χ1v) is 12.8. The lowest BCUT2D eigenvalue weighted by Crippen LogP contribution is -2.56. The highest BCUT2D eigenvalue weighted by Crippen LogP contribution is 2.60. The maximum Gasteiger partial charge on any atom is 0.250 e. The van der Waals surface area contributed by atoms with E-state index in [9.17, 15) is 19.5 Å². The highest BCUT2D eigenvalue weighted by molar-refractivity contribution is 6.38. The Kier molecular flexibility index (Phi) is 6.64. The third-order valence-corrected chi connectivity index (χ3v) is 8.16. The molecule has 0 radical (unpaired) electrons. The van der Waals surface area contributed by atoms with Gasteiger partial charge in [0, 0.05) is 38.9 Å². The molecule has 0 saturated carbocycles. The number of nitrogens with one attached hydrogen (secondary N) is 3. The fraction of sp³-hybridized carbons (Fsp3) is 0.375. The number of aliphatic hydroxyl groups is 1. The molecule has 0 aliphatic carbocycles. The van der Waals surface area contributed by atoms with Gasteiger partial charge in [-0.1, -0.05) is 46.4 Å². The van der Waals surface area contributed by atoms with E-state index in [0.717, 1.165) is 0 Å². The van der Waals surface area contributed by atoms with Crippen molar-refractivity contribution in [1.29, 1.82) is 0 Å². The van der Waals surface area contributed by atoms with Gasteiger partial charge in [-0.3, -0.25) is 24.1 Å². The SMILES string of the molecule is CONC(=O)[C@H]1[C@@H](C(=O)Nc2cc(Cl)cc(Cl)c2)[C@H]2C[C@](C)(O)CN2[C@]12C(=O)Nc1c(Cl)cc(Cl)cc12. The average Bonchev–Trinajstić information content (AvgIpc) is 3.34. The monoisotopic (exact) mass is 586 g/mol. The van der Waals surface area contributed by atoms with Crippen molar-refractivity contribution >= 4 is 75.5 Å². The van der Waals surface area contributed by atoms with Crippen LogP contribution in [0.2, 0.25) is 20.1 Å². The molecule has 1 spiro atoms. The fourth-order valence-electron chi connectivity index (χ4n) is 6.10. The lowest BCUT2D eigenvalue weighted by atomic mass is 9.72. The number of carbonyl (C=O) groups is 3. The van der Waals surface area contributed by atoms with Crippen molar-refractivity contribution in [1.82, 2.24) is 10.4 Å². The van der Waals surface area contributed by atoms with Gasteiger partial charge in [0.05, 0.1) is 35.3 Å². The molecule has 13 heteroatoms. The molecule has 4 N–H and O–H groups in total. The molecule has 5 atom stereocenters. The molecule has 0 unspecified atom stereocenters. The van der Waals surface area contributed by atoms with Crippen LogP contribution in [-0.2, 0) is 24.8 Å². The molecule has 0 bridgehead atoms. The quantitative estimate of drug-likeness (QED) is 0.404. The van der Waals surface area contributed by atoms with Crippen LogP contribution >= 0.6 is 46.4 Å². The molecule has 3 heterocycles. The molecule has 2 aromatic carbocycles. The first-order valence-electron chi connectivity index (χ1n) is 11.3. The van der Waals surface area contributed by atoms with Gasteiger partial charge in [0.1, 0.15) is 5.54 Å². The Balaban J connectivity index is 1.70. The molecular formula is C24H22Cl4N4O5. The topological polar surface area (TPSA) is 120 Å². The van der Waals surface area contributed by atoms with Gasteiger partial charge in [0.25, 0.3) is 5.91 Å². The lowest BCUT2D eigenvalue weighted by molar-refractivity contribution is -0.147. The van der Waals surface area contributed by atoms with Crippen molar-refractivity contribution in [2.24, 2.45) is 11.8 Å². The maximum absolute atomic E-state index is 13.9. The fourth-order valence-corrected chi connectivity index (χ4v) is 7.16. The zero-order valence-electron chi connectivity index (χ0n) is 19.6. The van der Waals surface area contributed by atoms with Crippen LogP contribution in [0.15, 0.2) is 30.3 Å². The standard InChI is InChI=1S/C24H22Cl4N4O5/c1-23(36)8-16-17(20(33)29-13-4-10(25)3-11(26)5-13)18(21(34)31-37-2)24(32(16)9-23)14-6-12(27)7-15(28)19(14)30-22(24)35/h3-7,16-18,36H,8-9H2,1-2H3,(H,29,33)(H,30,35)(H,31,34)/t16-,17+,18-,23+,24+/m1/s1. The minimum atomic E-state index is -1.70. The number of hydrogen-bond acceptors (Lipinski definition) is 6. The second-order valence-electron chi connectivity index (χ2n) is 9.75. The van der Waals surface area contributed by atoms with Gasteiger partial charge < -0.3 is 15.7 Å². The largest absolute Gasteiger partial charge is 0.389 e. The number of rotatable bonds is 4. The van der Waals surface area contributed by atoms with Crippen LogP contribution in [0.25, 0.3) is 0 Å². The van der Waals surface area contributed by atoms with E-state index < -0.39 is 46.7 Å². The van der Waals surface area contributed by atoms with Crippen molar-refractivity contribution in [2.45, 2.75) is 30.5 Å². The third kappa shape index (κ3) is 4.17. The van der Waals surface area contributed by atoms with Crippen LogP contribution in [0.5, 0.6) is 0 Å². The zero-order chi connectivity index (χ0) is 26.9. The summed E-state index contributed by atoms with van der Waals surface area (Å²) in [5, 5.41) is 17.7. The third-order valence-electron chi connectivity index (χ3n) is 7.21. The molecule has 3 aliphatic rings. The number of halogens is 4. The maximum atomic E-state index is 13.9. The van der Waals surface area contributed by atoms with Crippen LogP contribution in [0.3, 0.4) is 0 Å². The normalized spacial score (nSPS) is 30.2. The van der Waals surface area contributed by atoms with Crippen molar-refractivity contribution in [2.75, 3.05) is 24.3 Å². The van der Waals surface area contributed by atoms with Crippen LogP contribution in [0.4, 0.5) is 11.4 Å². The van der Waals surface area contributed by atoms with Crippen molar-refractivity contribution < 1.29 is 24.3 Å². The molecule has 196 valence electrons. The predicted octanol–water partition coefficient (Wildman–Crippen LogP) is 3.84. The average molecular weight is 588 g/mol. The summed E-state index contributed by atoms with van der Waals surface area (Å²) in [5.41, 5.74) is 0.297. The summed E-state index contributed by atoms with van der Waals surface area (Å²) in [7, 11) is 1.25. The van der Waals surface area contributed by atoms with Gasteiger partial charge in [0.15, 0.2) is 0 Å². The van der Waals surface area contributed by atoms with Crippen molar-refractivity contribution in [3.05, 3.63) is 56.0 Å². The zero-order valence-corrected chi connectivity index (χ0v) is 22.6. The highest BCUT2D eigenvalue weighted by atomic mass is 35.5. The number of fused-ring (bicyclic) bond motifs is 4. The summed E-state index contributed by atoms with van der Waals surface area (Å²) in [6.07, 6.45) is 0.122. The minimum Gasteiger partial charge on any atom is -0.389 e. The highest BCUT2D eigenvalue weighted by Gasteiger charge is 2.73. The van der Waals surface area contributed by atoms with E-state index in [-0.39, 0.29) is 23.0 Å². The molecular weight excluding hydrogens is 566 g/mol. The van der Waals surface area contributed by atoms with Gasteiger partial charge in [-0.15, -0.1) is 0 Å². The van der Waals surface area contributed by atoms with Gasteiger partial charge in [0.2, 0.25) is 11.8 Å². The van der Waals surface area contributed by atoms with Crippen LogP contribution in [-0.4, -0.2) is 53.0 Å². The number of carbonyl (C=O) groups excluding carboxylic acids is 3. The van der Waals surface area contributed by atoms with E-state index in [0.29, 0.717) is 27.0 Å². The van der Waals surface area contributed by atoms with Crippen LogP contribution in [0, 0.1) is 11.8 Å². The number of hydroxylamine groups is 1. The smallest absolute Gasteiger partial charge is 0.250 e. The van der Waals surface area contributed by atoms with Gasteiger partial charge in [-0.2, -0.15) is 0 Å². The molecule has 5 rings (SSSR count). The Morgan fingerprint density at radius 2 is 1.73 bits per heavy atom. The number of amides is 3. The second kappa shape index (κ2) is 9.27. The van der Waals surface area contributed by atoms with E-state index in [1.165, 1.54) is 31.4 Å². The number of benzene rings is 2. The van der Waals surface area contributed by atoms with Crippen LogP contribution in [0.1, 0.15) is 18.9 Å². The molecule has 2 aromatic rings. The Bertz CT molecular complexity index is 1320. The molecule has 2 fully saturated rings. The molecule has 3 aliphatic heterocycles. The summed E-state index contributed by atoms with van der Waals surface area (Å²) in [5.74, 6) is -4.20. The number of anilines is 2. The van der Waals surface area contributed by atoms with Gasteiger partial charge in [-0.05, 0) is 43.7 Å². The summed E-state index contributed by atoms with van der Waals surface area (Å²) in [4.78, 5) is 48.0. The summed E-state index contributed by atoms with van der Waals surface area (Å²) in [6.45, 7) is 1.63. The Labute approximate surface area is 232 Å². The van der Waals surface area contributed by atoms with E-state index in [1.54, 1.807) is 17.9 Å². The first-order chi connectivity index (χ1) is 17.4. The molecule has 37 heavy (non-hydrogen) atoms. The Morgan fingerprint density at radius 3 is 2.38 bits per heavy atom. The lowest BCUT2D eigenvalue weighted by Gasteiger charge is -2.37. The molecule has 2 saturated heterocycles. The number of hydrogen-bond donors (Lipinski definition) is 4. The number of nitrogens with zero attached hydrogens (tertiary/aromatic N) is 1. The summed E-state index contributed by atoms with van der Waals surface area (Å²) in [6, 6.07) is 6.87. The van der Waals surface area contributed by atoms with Gasteiger partial charge in [-0.25, -0.2) is 5.48 Å². The Hall–Kier alpha value is -2.11. The van der Waals surface area contributed by atoms with Crippen LogP contribution < -0.4 is 16.1 Å².